The smallest absolute Gasteiger partial charge is 0.342 e. The summed E-state index contributed by atoms with van der Waals surface area (Å²) >= 11 is 0. The second-order valence-electron chi connectivity index (χ2n) is 8.44. The average Bonchev–Trinajstić information content (AvgIpc) is 3.16. The first kappa shape index (κ1) is 24.7. The van der Waals surface area contributed by atoms with Crippen LogP contribution in [0.25, 0.3) is 0 Å². The molecule has 0 bridgehead atoms. The summed E-state index contributed by atoms with van der Waals surface area (Å²) < 4.78 is 10.6. The van der Waals surface area contributed by atoms with Gasteiger partial charge in [-0.3, -0.25) is 19.3 Å². The van der Waals surface area contributed by atoms with E-state index in [1.54, 1.807) is 43.4 Å². The molecule has 1 heterocycles. The maximum absolute atomic E-state index is 12.9. The largest absolute Gasteiger partial charge is 0.496 e. The molecular weight excluding hydrogens is 460 g/mol. The second-order valence-corrected chi connectivity index (χ2v) is 8.44. The molecule has 3 amide bonds. The molecule has 36 heavy (non-hydrogen) atoms. The first-order chi connectivity index (χ1) is 17.3. The monoisotopic (exact) mass is 486 g/mol. The number of hydrogen-bond donors (Lipinski definition) is 0. The molecule has 0 aromatic heterocycles. The quantitative estimate of drug-likeness (QED) is 0.355. The third kappa shape index (κ3) is 4.84. The van der Waals surface area contributed by atoms with Crippen LogP contribution in [0.1, 0.15) is 55.2 Å². The van der Waals surface area contributed by atoms with Gasteiger partial charge in [0.05, 0.1) is 30.8 Å². The van der Waals surface area contributed by atoms with Crippen molar-refractivity contribution in [3.8, 4) is 5.75 Å². The van der Waals surface area contributed by atoms with E-state index >= 15 is 0 Å². The fraction of sp³-hybridized carbons (Fsp3) is 0.214. The lowest BCUT2D eigenvalue weighted by Crippen LogP contribution is -2.33. The molecule has 0 saturated carbocycles. The number of nitrogens with zero attached hydrogens (tertiary/aromatic N) is 2. The zero-order chi connectivity index (χ0) is 25.8. The average molecular weight is 487 g/mol. The number of rotatable bonds is 8. The summed E-state index contributed by atoms with van der Waals surface area (Å²) in [5, 5.41) is 0. The maximum atomic E-state index is 12.9. The number of hydrogen-bond acceptors (Lipinski definition) is 6. The fourth-order valence-electron chi connectivity index (χ4n) is 4.06. The third-order valence-corrected chi connectivity index (χ3v) is 6.29. The molecule has 8 nitrogen and oxygen atoms in total. The maximum Gasteiger partial charge on any atom is 0.342 e. The van der Waals surface area contributed by atoms with E-state index in [0.717, 1.165) is 10.5 Å². The summed E-state index contributed by atoms with van der Waals surface area (Å²) in [6, 6.07) is 20.7. The zero-order valence-electron chi connectivity index (χ0n) is 20.3. The SMILES string of the molecule is COc1ccc(CN2C(=O)c3ccccc3C2=O)cc1C(=O)OCC(=O)N(C)C(C)c1ccccc1. The summed E-state index contributed by atoms with van der Waals surface area (Å²) in [5.74, 6) is -1.64. The van der Waals surface area contributed by atoms with Crippen molar-refractivity contribution in [2.24, 2.45) is 0 Å². The van der Waals surface area contributed by atoms with Crippen molar-refractivity contribution in [2.45, 2.75) is 19.5 Å². The van der Waals surface area contributed by atoms with Crippen LogP contribution in [0.3, 0.4) is 0 Å². The minimum atomic E-state index is -0.745. The highest BCUT2D eigenvalue weighted by Crippen LogP contribution is 2.27. The Labute approximate surface area is 209 Å². The van der Waals surface area contributed by atoms with Crippen LogP contribution in [-0.4, -0.2) is 54.3 Å². The Morgan fingerprint density at radius 3 is 2.14 bits per heavy atom. The minimum Gasteiger partial charge on any atom is -0.496 e. The Kier molecular flexibility index (Phi) is 7.15. The van der Waals surface area contributed by atoms with Crippen LogP contribution in [0.2, 0.25) is 0 Å². The number of esters is 1. The van der Waals surface area contributed by atoms with Gasteiger partial charge in [-0.15, -0.1) is 0 Å². The molecule has 8 heteroatoms. The van der Waals surface area contributed by atoms with Gasteiger partial charge in [0.1, 0.15) is 11.3 Å². The number of benzene rings is 3. The molecule has 3 aromatic carbocycles. The number of carbonyl (C=O) groups excluding carboxylic acids is 4. The molecule has 3 aromatic rings. The molecule has 0 N–H and O–H groups in total. The van der Waals surface area contributed by atoms with E-state index in [1.165, 1.54) is 18.1 Å². The van der Waals surface area contributed by atoms with Crippen molar-refractivity contribution in [3.05, 3.63) is 101 Å². The number of ether oxygens (including phenoxy) is 2. The number of imide groups is 1. The second kappa shape index (κ2) is 10.4. The minimum absolute atomic E-state index is 0.0210. The van der Waals surface area contributed by atoms with Gasteiger partial charge in [0.25, 0.3) is 17.7 Å². The zero-order valence-corrected chi connectivity index (χ0v) is 20.3. The molecule has 1 aliphatic rings. The molecule has 0 aliphatic carbocycles. The molecule has 1 atom stereocenters. The van der Waals surface area contributed by atoms with Gasteiger partial charge in [-0.25, -0.2) is 4.79 Å². The van der Waals surface area contributed by atoms with Gasteiger partial charge in [0, 0.05) is 7.05 Å². The van der Waals surface area contributed by atoms with Gasteiger partial charge in [-0.2, -0.15) is 0 Å². The normalized spacial score (nSPS) is 13.2. The van der Waals surface area contributed by atoms with Crippen molar-refractivity contribution in [1.29, 1.82) is 0 Å². The molecule has 1 aliphatic heterocycles. The lowest BCUT2D eigenvalue weighted by Gasteiger charge is -2.25. The van der Waals surface area contributed by atoms with E-state index in [-0.39, 0.29) is 29.8 Å². The van der Waals surface area contributed by atoms with Gasteiger partial charge < -0.3 is 14.4 Å². The van der Waals surface area contributed by atoms with Crippen molar-refractivity contribution in [1.82, 2.24) is 9.80 Å². The highest BCUT2D eigenvalue weighted by atomic mass is 16.5. The van der Waals surface area contributed by atoms with Crippen molar-refractivity contribution in [2.75, 3.05) is 20.8 Å². The summed E-state index contributed by atoms with van der Waals surface area (Å²) in [5.41, 5.74) is 2.30. The van der Waals surface area contributed by atoms with Crippen molar-refractivity contribution >= 4 is 23.7 Å². The molecule has 1 unspecified atom stereocenters. The molecule has 4 rings (SSSR count). The number of likely N-dealkylation sites (N-methyl/N-ethyl adjacent to an activating group) is 1. The van der Waals surface area contributed by atoms with Crippen LogP contribution >= 0.6 is 0 Å². The van der Waals surface area contributed by atoms with E-state index < -0.39 is 24.4 Å². The Morgan fingerprint density at radius 2 is 1.53 bits per heavy atom. The van der Waals surface area contributed by atoms with Crippen LogP contribution in [0, 0.1) is 0 Å². The standard InChI is InChI=1S/C28H26N2O6/c1-18(20-9-5-4-6-10-20)29(2)25(31)17-36-28(34)23-15-19(13-14-24(23)35-3)16-30-26(32)21-11-7-8-12-22(21)27(30)33/h4-15,18H,16-17H2,1-3H3. The van der Waals surface area contributed by atoms with Crippen molar-refractivity contribution in [3.63, 3.8) is 0 Å². The Hall–Kier alpha value is -4.46. The highest BCUT2D eigenvalue weighted by molar-refractivity contribution is 6.21. The number of methoxy groups -OCH3 is 1. The lowest BCUT2D eigenvalue weighted by atomic mass is 10.1. The lowest BCUT2D eigenvalue weighted by molar-refractivity contribution is -0.135. The molecule has 0 saturated heterocycles. The first-order valence-corrected chi connectivity index (χ1v) is 11.4. The topological polar surface area (TPSA) is 93.2 Å². The van der Waals surface area contributed by atoms with E-state index in [9.17, 15) is 19.2 Å². The van der Waals surface area contributed by atoms with E-state index in [4.69, 9.17) is 9.47 Å². The molecule has 184 valence electrons. The highest BCUT2D eigenvalue weighted by Gasteiger charge is 2.35. The van der Waals surface area contributed by atoms with Gasteiger partial charge in [0.15, 0.2) is 6.61 Å². The Morgan fingerprint density at radius 1 is 0.917 bits per heavy atom. The van der Waals surface area contributed by atoms with E-state index in [2.05, 4.69) is 0 Å². The first-order valence-electron chi connectivity index (χ1n) is 11.4. The van der Waals surface area contributed by atoms with Gasteiger partial charge in [-0.1, -0.05) is 48.5 Å². The predicted molar refractivity (Wildman–Crippen MR) is 132 cm³/mol. The van der Waals surface area contributed by atoms with Gasteiger partial charge in [-0.05, 0) is 42.3 Å². The van der Waals surface area contributed by atoms with Crippen LogP contribution in [0.4, 0.5) is 0 Å². The van der Waals surface area contributed by atoms with Crippen LogP contribution in [-0.2, 0) is 16.1 Å². The summed E-state index contributed by atoms with van der Waals surface area (Å²) in [6.45, 7) is 1.42. The Balaban J connectivity index is 1.44. The van der Waals surface area contributed by atoms with Crippen LogP contribution < -0.4 is 4.74 Å². The van der Waals surface area contributed by atoms with Crippen molar-refractivity contribution < 1.29 is 28.7 Å². The number of amides is 3. The molecular formula is C28H26N2O6. The van der Waals surface area contributed by atoms with Gasteiger partial charge in [0.2, 0.25) is 0 Å². The number of carbonyl (C=O) groups is 4. The molecule has 0 radical (unpaired) electrons. The van der Waals surface area contributed by atoms with Crippen LogP contribution in [0.5, 0.6) is 5.75 Å². The summed E-state index contributed by atoms with van der Waals surface area (Å²) in [6.07, 6.45) is 0. The number of fused-ring (bicyclic) bond motifs is 1. The molecule has 0 fully saturated rings. The van der Waals surface area contributed by atoms with E-state index in [0.29, 0.717) is 16.7 Å². The third-order valence-electron chi connectivity index (χ3n) is 6.29. The van der Waals surface area contributed by atoms with Gasteiger partial charge >= 0.3 is 5.97 Å². The summed E-state index contributed by atoms with van der Waals surface area (Å²) in [4.78, 5) is 53.6. The van der Waals surface area contributed by atoms with E-state index in [1.807, 2.05) is 37.3 Å². The van der Waals surface area contributed by atoms with Crippen LogP contribution in [0.15, 0.2) is 72.8 Å². The Bertz CT molecular complexity index is 1290. The fourth-order valence-corrected chi connectivity index (χ4v) is 4.06. The molecule has 0 spiro atoms. The predicted octanol–water partition coefficient (Wildman–Crippen LogP) is 3.87. The summed E-state index contributed by atoms with van der Waals surface area (Å²) in [7, 11) is 3.06.